The van der Waals surface area contributed by atoms with Crippen LogP contribution in [0.4, 0.5) is 0 Å². The van der Waals surface area contributed by atoms with Crippen LogP contribution in [0.15, 0.2) is 54.6 Å². The molecule has 102 valence electrons. The van der Waals surface area contributed by atoms with E-state index in [1.54, 1.807) is 19.2 Å². The molecule has 0 unspecified atom stereocenters. The van der Waals surface area contributed by atoms with Crippen molar-refractivity contribution in [3.63, 3.8) is 0 Å². The van der Waals surface area contributed by atoms with Gasteiger partial charge in [0.1, 0.15) is 24.4 Å². The van der Waals surface area contributed by atoms with Gasteiger partial charge in [0.15, 0.2) is 0 Å². The second kappa shape index (κ2) is 7.14. The molecular weight excluding hydrogens is 252 g/mol. The van der Waals surface area contributed by atoms with Crippen molar-refractivity contribution in [2.45, 2.75) is 0 Å². The predicted molar refractivity (Wildman–Crippen MR) is 79.4 cm³/mol. The fourth-order valence-corrected chi connectivity index (χ4v) is 1.69. The van der Waals surface area contributed by atoms with Crippen LogP contribution in [-0.4, -0.2) is 20.0 Å². The number of rotatable bonds is 6. The molecule has 2 aromatic rings. The van der Waals surface area contributed by atoms with E-state index in [0.717, 1.165) is 23.3 Å². The Labute approximate surface area is 118 Å². The van der Waals surface area contributed by atoms with Crippen molar-refractivity contribution in [2.24, 2.45) is 0 Å². The van der Waals surface area contributed by atoms with Gasteiger partial charge in [-0.1, -0.05) is 30.3 Å². The van der Waals surface area contributed by atoms with Gasteiger partial charge >= 0.3 is 0 Å². The van der Waals surface area contributed by atoms with Crippen LogP contribution >= 0.6 is 0 Å². The topological polar surface area (TPSA) is 35.5 Å². The van der Waals surface area contributed by atoms with Gasteiger partial charge < -0.3 is 9.47 Å². The molecule has 0 saturated heterocycles. The molecule has 0 aliphatic heterocycles. The summed E-state index contributed by atoms with van der Waals surface area (Å²) in [6, 6.07) is 14.8. The van der Waals surface area contributed by atoms with Crippen molar-refractivity contribution in [3.05, 3.63) is 65.7 Å². The average Bonchev–Trinajstić information content (AvgIpc) is 2.53. The first kappa shape index (κ1) is 13.9. The molecule has 0 atom stereocenters. The van der Waals surface area contributed by atoms with Crippen molar-refractivity contribution < 1.29 is 14.3 Å². The molecule has 0 radical (unpaired) electrons. The van der Waals surface area contributed by atoms with E-state index < -0.39 is 0 Å². The van der Waals surface area contributed by atoms with Crippen molar-refractivity contribution in [1.82, 2.24) is 0 Å². The van der Waals surface area contributed by atoms with Gasteiger partial charge in [0, 0.05) is 5.56 Å². The Morgan fingerprint density at radius 1 is 0.900 bits per heavy atom. The van der Waals surface area contributed by atoms with Crippen LogP contribution in [0.25, 0.3) is 6.08 Å². The largest absolute Gasteiger partial charge is 0.497 e. The predicted octanol–water partition coefficient (Wildman–Crippen LogP) is 3.60. The Balaban J connectivity index is 1.84. The van der Waals surface area contributed by atoms with E-state index in [1.165, 1.54) is 0 Å². The molecule has 0 bridgehead atoms. The van der Waals surface area contributed by atoms with E-state index in [1.807, 2.05) is 48.6 Å². The van der Waals surface area contributed by atoms with Gasteiger partial charge in [-0.2, -0.15) is 0 Å². The van der Waals surface area contributed by atoms with Gasteiger partial charge in [-0.15, -0.1) is 0 Å². The minimum absolute atomic E-state index is 0.488. The molecule has 0 saturated carbocycles. The van der Waals surface area contributed by atoms with E-state index >= 15 is 0 Å². The van der Waals surface area contributed by atoms with Crippen LogP contribution in [0.5, 0.6) is 11.5 Å². The molecule has 3 heteroatoms. The molecule has 0 amide bonds. The minimum atomic E-state index is 0.488. The summed E-state index contributed by atoms with van der Waals surface area (Å²) in [5.74, 6) is 1.61. The smallest absolute Gasteiger partial charge is 0.150 e. The zero-order chi connectivity index (χ0) is 14.2. The quantitative estimate of drug-likeness (QED) is 0.751. The first-order valence-electron chi connectivity index (χ1n) is 6.30. The molecule has 0 aliphatic carbocycles. The molecule has 0 fully saturated rings. The maximum atomic E-state index is 10.5. The summed E-state index contributed by atoms with van der Waals surface area (Å²) in [7, 11) is 1.63. The normalized spacial score (nSPS) is 10.4. The zero-order valence-corrected chi connectivity index (χ0v) is 11.3. The number of ether oxygens (including phenoxy) is 2. The second-order valence-electron chi connectivity index (χ2n) is 4.17. The van der Waals surface area contributed by atoms with Crippen LogP contribution < -0.4 is 9.47 Å². The monoisotopic (exact) mass is 268 g/mol. The Hall–Kier alpha value is -2.55. The van der Waals surface area contributed by atoms with E-state index in [2.05, 4.69) is 0 Å². The fraction of sp³-hybridized carbons (Fsp3) is 0.118. The summed E-state index contributed by atoms with van der Waals surface area (Å²) in [6.07, 6.45) is 4.72. The third-order valence-corrected chi connectivity index (χ3v) is 2.79. The lowest BCUT2D eigenvalue weighted by molar-refractivity contribution is 0.112. The molecule has 0 spiro atoms. The van der Waals surface area contributed by atoms with Crippen LogP contribution in [0, 0.1) is 0 Å². The third-order valence-electron chi connectivity index (χ3n) is 2.79. The average molecular weight is 268 g/mol. The summed E-state index contributed by atoms with van der Waals surface area (Å²) in [4.78, 5) is 10.5. The van der Waals surface area contributed by atoms with Gasteiger partial charge in [0.2, 0.25) is 0 Å². The summed E-state index contributed by atoms with van der Waals surface area (Å²) in [5, 5.41) is 0. The number of hydrogen-bond acceptors (Lipinski definition) is 3. The summed E-state index contributed by atoms with van der Waals surface area (Å²) in [5.41, 5.74) is 1.71. The van der Waals surface area contributed by atoms with Gasteiger partial charge in [-0.05, 0) is 35.9 Å². The molecule has 0 aromatic heterocycles. The van der Waals surface area contributed by atoms with E-state index in [4.69, 9.17) is 9.47 Å². The Kier molecular flexibility index (Phi) is 4.95. The highest BCUT2D eigenvalue weighted by molar-refractivity contribution is 5.75. The Morgan fingerprint density at radius 2 is 1.50 bits per heavy atom. The number of aldehydes is 1. The van der Waals surface area contributed by atoms with E-state index in [0.29, 0.717) is 12.2 Å². The standard InChI is InChI=1S/C17H16O3/c1-19-16-8-10-17(11-9-16)20-12-2-3-14-4-6-15(13-18)7-5-14/h2-11,13H,12H2,1H3. The molecule has 0 aliphatic rings. The minimum Gasteiger partial charge on any atom is -0.497 e. The highest BCUT2D eigenvalue weighted by Crippen LogP contribution is 2.16. The highest BCUT2D eigenvalue weighted by Gasteiger charge is 1.93. The lowest BCUT2D eigenvalue weighted by Crippen LogP contribution is -1.93. The number of hydrogen-bond donors (Lipinski definition) is 0. The first-order valence-corrected chi connectivity index (χ1v) is 6.30. The maximum Gasteiger partial charge on any atom is 0.150 e. The first-order chi connectivity index (χ1) is 9.81. The zero-order valence-electron chi connectivity index (χ0n) is 11.3. The van der Waals surface area contributed by atoms with Gasteiger partial charge in [-0.25, -0.2) is 0 Å². The van der Waals surface area contributed by atoms with Crippen molar-refractivity contribution in [3.8, 4) is 11.5 Å². The van der Waals surface area contributed by atoms with Crippen molar-refractivity contribution >= 4 is 12.4 Å². The number of benzene rings is 2. The summed E-state index contributed by atoms with van der Waals surface area (Å²) < 4.78 is 10.7. The summed E-state index contributed by atoms with van der Waals surface area (Å²) >= 11 is 0. The Bertz CT molecular complexity index is 568. The maximum absolute atomic E-state index is 10.5. The fourth-order valence-electron chi connectivity index (χ4n) is 1.69. The second-order valence-corrected chi connectivity index (χ2v) is 4.17. The Morgan fingerprint density at radius 3 is 2.10 bits per heavy atom. The lowest BCUT2D eigenvalue weighted by atomic mass is 10.1. The summed E-state index contributed by atoms with van der Waals surface area (Å²) in [6.45, 7) is 0.488. The molecule has 0 heterocycles. The van der Waals surface area contributed by atoms with Gasteiger partial charge in [0.25, 0.3) is 0 Å². The van der Waals surface area contributed by atoms with Gasteiger partial charge in [0.05, 0.1) is 7.11 Å². The van der Waals surface area contributed by atoms with Crippen molar-refractivity contribution in [2.75, 3.05) is 13.7 Å². The van der Waals surface area contributed by atoms with E-state index in [-0.39, 0.29) is 0 Å². The van der Waals surface area contributed by atoms with Crippen molar-refractivity contribution in [1.29, 1.82) is 0 Å². The molecule has 2 rings (SSSR count). The van der Waals surface area contributed by atoms with Gasteiger partial charge in [-0.3, -0.25) is 4.79 Å². The highest BCUT2D eigenvalue weighted by atomic mass is 16.5. The number of carbonyl (C=O) groups is 1. The third kappa shape index (κ3) is 3.99. The molecule has 0 N–H and O–H groups in total. The van der Waals surface area contributed by atoms with Crippen LogP contribution in [0.2, 0.25) is 0 Å². The van der Waals surface area contributed by atoms with Crippen LogP contribution in [0.1, 0.15) is 15.9 Å². The number of methoxy groups -OCH3 is 1. The number of carbonyl (C=O) groups excluding carboxylic acids is 1. The molecular formula is C17H16O3. The molecule has 3 nitrogen and oxygen atoms in total. The van der Waals surface area contributed by atoms with Crippen LogP contribution in [0.3, 0.4) is 0 Å². The lowest BCUT2D eigenvalue weighted by Gasteiger charge is -2.04. The van der Waals surface area contributed by atoms with Crippen LogP contribution in [-0.2, 0) is 0 Å². The SMILES string of the molecule is COc1ccc(OCC=Cc2ccc(C=O)cc2)cc1. The molecule has 20 heavy (non-hydrogen) atoms. The molecule has 2 aromatic carbocycles. The van der Waals surface area contributed by atoms with E-state index in [9.17, 15) is 4.79 Å².